The maximum atomic E-state index is 11.8. The largest absolute Gasteiger partial charge is 0.464 e. The number of amides is 1. The molecule has 0 saturated heterocycles. The highest BCUT2D eigenvalue weighted by Crippen LogP contribution is 2.21. The van der Waals surface area contributed by atoms with Crippen molar-refractivity contribution in [2.75, 3.05) is 6.61 Å². The molecule has 0 spiro atoms. The smallest absolute Gasteiger partial charge is 0.332 e. The minimum Gasteiger partial charge on any atom is -0.464 e. The van der Waals surface area contributed by atoms with Crippen LogP contribution in [0.25, 0.3) is 0 Å². The number of halogens is 1. The normalized spacial score (nSPS) is 13.5. The summed E-state index contributed by atoms with van der Waals surface area (Å²) in [6.07, 6.45) is 0. The van der Waals surface area contributed by atoms with Crippen LogP contribution in [0.1, 0.15) is 25.5 Å². The van der Waals surface area contributed by atoms with Gasteiger partial charge in [-0.05, 0) is 25.5 Å². The second-order valence-electron chi connectivity index (χ2n) is 3.98. The molecule has 0 bridgehead atoms. The Kier molecular flexibility index (Phi) is 5.79. The van der Waals surface area contributed by atoms with Crippen LogP contribution in [0.4, 0.5) is 0 Å². The summed E-state index contributed by atoms with van der Waals surface area (Å²) in [7, 11) is 0. The lowest BCUT2D eigenvalue weighted by Gasteiger charge is -2.18. The number of rotatable bonds is 5. The third-order valence-electron chi connectivity index (χ3n) is 2.55. The van der Waals surface area contributed by atoms with Crippen LogP contribution in [0.2, 0.25) is 5.02 Å². The summed E-state index contributed by atoms with van der Waals surface area (Å²) < 4.78 is 4.68. The molecular weight excluding hydrogens is 268 g/mol. The van der Waals surface area contributed by atoms with Gasteiger partial charge in [-0.2, -0.15) is 0 Å². The summed E-state index contributed by atoms with van der Waals surface area (Å²) in [5.41, 5.74) is 6.25. The molecule has 3 N–H and O–H groups in total. The molecule has 0 aliphatic carbocycles. The maximum Gasteiger partial charge on any atom is 0.332 e. The van der Waals surface area contributed by atoms with Gasteiger partial charge in [0.15, 0.2) is 6.04 Å². The molecule has 0 fully saturated rings. The van der Waals surface area contributed by atoms with Crippen LogP contribution >= 0.6 is 11.6 Å². The van der Waals surface area contributed by atoms with Crippen LogP contribution in [0, 0.1) is 0 Å². The molecule has 1 rings (SSSR count). The summed E-state index contributed by atoms with van der Waals surface area (Å²) in [5, 5.41) is 3.17. The monoisotopic (exact) mass is 284 g/mol. The topological polar surface area (TPSA) is 81.4 Å². The van der Waals surface area contributed by atoms with Crippen LogP contribution in [-0.4, -0.2) is 24.5 Å². The summed E-state index contributed by atoms with van der Waals surface area (Å²) in [4.78, 5) is 23.1. The number of carbonyl (C=O) groups excluding carboxylic acids is 2. The van der Waals surface area contributed by atoms with E-state index in [1.807, 2.05) is 6.07 Å². The molecule has 5 nitrogen and oxygen atoms in total. The predicted octanol–water partition coefficient (Wildman–Crippen LogP) is 1.41. The lowest BCUT2D eigenvalue weighted by molar-refractivity contribution is -0.148. The van der Waals surface area contributed by atoms with Crippen molar-refractivity contribution in [3.8, 4) is 0 Å². The van der Waals surface area contributed by atoms with E-state index in [0.717, 1.165) is 5.56 Å². The fourth-order valence-corrected chi connectivity index (χ4v) is 1.85. The number of benzene rings is 1. The molecule has 0 aliphatic heterocycles. The second kappa shape index (κ2) is 7.11. The van der Waals surface area contributed by atoms with Crippen LogP contribution in [0.15, 0.2) is 24.3 Å². The lowest BCUT2D eigenvalue weighted by atomic mass is 10.1. The first-order valence-electron chi connectivity index (χ1n) is 5.94. The van der Waals surface area contributed by atoms with Crippen molar-refractivity contribution in [2.24, 2.45) is 5.73 Å². The van der Waals surface area contributed by atoms with Gasteiger partial charge < -0.3 is 15.8 Å². The molecule has 2 atom stereocenters. The SMILES string of the molecule is CCOC(=O)C(N)C(=O)N[C@@H](C)c1ccccc1Cl. The van der Waals surface area contributed by atoms with Gasteiger partial charge in [0.25, 0.3) is 0 Å². The van der Waals surface area contributed by atoms with Gasteiger partial charge in [-0.15, -0.1) is 0 Å². The Balaban J connectivity index is 2.67. The van der Waals surface area contributed by atoms with Crippen molar-refractivity contribution in [3.05, 3.63) is 34.9 Å². The first-order valence-corrected chi connectivity index (χ1v) is 6.32. The van der Waals surface area contributed by atoms with Gasteiger partial charge in [0.2, 0.25) is 5.91 Å². The van der Waals surface area contributed by atoms with Crippen molar-refractivity contribution in [3.63, 3.8) is 0 Å². The van der Waals surface area contributed by atoms with Crippen LogP contribution < -0.4 is 11.1 Å². The van der Waals surface area contributed by atoms with E-state index >= 15 is 0 Å². The fraction of sp³-hybridized carbons (Fsp3) is 0.385. The van der Waals surface area contributed by atoms with Gasteiger partial charge in [0.1, 0.15) is 0 Å². The molecule has 0 aliphatic rings. The number of hydrogen-bond donors (Lipinski definition) is 2. The first-order chi connectivity index (χ1) is 8.97. The van der Waals surface area contributed by atoms with Crippen molar-refractivity contribution >= 4 is 23.5 Å². The van der Waals surface area contributed by atoms with Gasteiger partial charge in [0, 0.05) is 5.02 Å². The van der Waals surface area contributed by atoms with E-state index in [4.69, 9.17) is 17.3 Å². The summed E-state index contributed by atoms with van der Waals surface area (Å²) >= 11 is 6.02. The Morgan fingerprint density at radius 3 is 2.63 bits per heavy atom. The summed E-state index contributed by atoms with van der Waals surface area (Å²) in [6, 6.07) is 5.46. The van der Waals surface area contributed by atoms with Gasteiger partial charge in [-0.25, -0.2) is 4.79 Å². The molecule has 1 aromatic rings. The fourth-order valence-electron chi connectivity index (χ4n) is 1.55. The quantitative estimate of drug-likeness (QED) is 0.633. The number of nitrogens with two attached hydrogens (primary N) is 1. The molecule has 19 heavy (non-hydrogen) atoms. The van der Waals surface area contributed by atoms with E-state index in [0.29, 0.717) is 5.02 Å². The second-order valence-corrected chi connectivity index (χ2v) is 4.39. The summed E-state index contributed by atoms with van der Waals surface area (Å²) in [5.74, 6) is -1.34. The highest BCUT2D eigenvalue weighted by molar-refractivity contribution is 6.31. The Labute approximate surface area is 117 Å². The Morgan fingerprint density at radius 2 is 2.05 bits per heavy atom. The van der Waals surface area contributed by atoms with E-state index in [1.165, 1.54) is 0 Å². The highest BCUT2D eigenvalue weighted by Gasteiger charge is 2.25. The van der Waals surface area contributed by atoms with Crippen LogP contribution in [0.3, 0.4) is 0 Å². The minimum absolute atomic E-state index is 0.180. The van der Waals surface area contributed by atoms with E-state index in [1.54, 1.807) is 32.0 Å². The van der Waals surface area contributed by atoms with Crippen molar-refractivity contribution in [1.29, 1.82) is 0 Å². The molecule has 1 aromatic carbocycles. The molecule has 0 saturated carbocycles. The van der Waals surface area contributed by atoms with E-state index in [9.17, 15) is 9.59 Å². The Hall–Kier alpha value is -1.59. The standard InChI is InChI=1S/C13H17ClN2O3/c1-3-19-13(18)11(15)12(17)16-8(2)9-6-4-5-7-10(9)14/h4-8,11H,3,15H2,1-2H3,(H,16,17)/t8-,11?/m0/s1. The average molecular weight is 285 g/mol. The molecule has 0 aromatic heterocycles. The molecular formula is C13H17ClN2O3. The van der Waals surface area contributed by atoms with Crippen molar-refractivity contribution in [1.82, 2.24) is 5.32 Å². The van der Waals surface area contributed by atoms with Gasteiger partial charge in [-0.3, -0.25) is 4.79 Å². The van der Waals surface area contributed by atoms with Crippen molar-refractivity contribution in [2.45, 2.75) is 25.9 Å². The number of hydrogen-bond acceptors (Lipinski definition) is 4. The molecule has 6 heteroatoms. The van der Waals surface area contributed by atoms with Gasteiger partial charge in [0.05, 0.1) is 12.6 Å². The zero-order valence-corrected chi connectivity index (χ0v) is 11.6. The molecule has 104 valence electrons. The molecule has 0 heterocycles. The van der Waals surface area contributed by atoms with Gasteiger partial charge >= 0.3 is 5.97 Å². The van der Waals surface area contributed by atoms with E-state index in [2.05, 4.69) is 10.1 Å². The minimum atomic E-state index is -1.33. The third-order valence-corrected chi connectivity index (χ3v) is 2.90. The number of nitrogens with one attached hydrogen (secondary N) is 1. The number of esters is 1. The maximum absolute atomic E-state index is 11.8. The molecule has 0 radical (unpaired) electrons. The highest BCUT2D eigenvalue weighted by atomic mass is 35.5. The number of ether oxygens (including phenoxy) is 1. The predicted molar refractivity (Wildman–Crippen MR) is 72.6 cm³/mol. The third kappa shape index (κ3) is 4.22. The zero-order valence-electron chi connectivity index (χ0n) is 10.9. The van der Waals surface area contributed by atoms with E-state index in [-0.39, 0.29) is 12.6 Å². The Bertz CT molecular complexity index is 465. The van der Waals surface area contributed by atoms with Crippen LogP contribution in [0.5, 0.6) is 0 Å². The van der Waals surface area contributed by atoms with E-state index < -0.39 is 17.9 Å². The summed E-state index contributed by atoms with van der Waals surface area (Å²) in [6.45, 7) is 3.59. The first kappa shape index (κ1) is 15.5. The average Bonchev–Trinajstić information content (AvgIpc) is 2.38. The number of carbonyl (C=O) groups is 2. The van der Waals surface area contributed by atoms with Crippen LogP contribution in [-0.2, 0) is 14.3 Å². The van der Waals surface area contributed by atoms with Crippen molar-refractivity contribution < 1.29 is 14.3 Å². The zero-order chi connectivity index (χ0) is 14.4. The van der Waals surface area contributed by atoms with Gasteiger partial charge in [-0.1, -0.05) is 29.8 Å². The lowest BCUT2D eigenvalue weighted by Crippen LogP contribution is -2.47. The molecule has 1 amide bonds. The molecule has 1 unspecified atom stereocenters. The Morgan fingerprint density at radius 1 is 1.42 bits per heavy atom.